The molecule has 0 bridgehead atoms. The zero-order valence-corrected chi connectivity index (χ0v) is 19.6. The van der Waals surface area contributed by atoms with Crippen LogP contribution in [0.2, 0.25) is 0 Å². The van der Waals surface area contributed by atoms with Crippen molar-refractivity contribution in [3.05, 3.63) is 59.2 Å². The Bertz CT molecular complexity index is 931. The highest BCUT2D eigenvalue weighted by Crippen LogP contribution is 2.42. The van der Waals surface area contributed by atoms with Gasteiger partial charge in [-0.3, -0.25) is 9.59 Å². The molecule has 0 spiro atoms. The van der Waals surface area contributed by atoms with E-state index in [4.69, 9.17) is 4.74 Å². The lowest BCUT2D eigenvalue weighted by atomic mass is 10.0. The van der Waals surface area contributed by atoms with E-state index in [0.717, 1.165) is 28.1 Å². The molecule has 1 aliphatic rings. The molecule has 166 valence electrons. The smallest absolute Gasteiger partial charge is 0.241 e. The number of fused-ring (bicyclic) bond motifs is 1. The molecule has 1 aliphatic heterocycles. The topological polar surface area (TPSA) is 58.6 Å². The van der Waals surface area contributed by atoms with Crippen molar-refractivity contribution in [1.82, 2.24) is 5.32 Å². The largest absolute Gasteiger partial charge is 0.382 e. The third-order valence-corrected chi connectivity index (χ3v) is 7.05. The molecule has 0 saturated carbocycles. The molecule has 0 radical (unpaired) electrons. The lowest BCUT2D eigenvalue weighted by Crippen LogP contribution is -2.47. The van der Waals surface area contributed by atoms with Gasteiger partial charge in [0.2, 0.25) is 11.8 Å². The van der Waals surface area contributed by atoms with Crippen LogP contribution in [0.25, 0.3) is 0 Å². The number of rotatable bonds is 9. The fourth-order valence-corrected chi connectivity index (χ4v) is 4.97. The summed E-state index contributed by atoms with van der Waals surface area (Å²) in [5.74, 6) is -0.533. The molecule has 3 rings (SSSR count). The van der Waals surface area contributed by atoms with Gasteiger partial charge in [0.05, 0.1) is 18.2 Å². The highest BCUT2D eigenvalue weighted by atomic mass is 32.2. The van der Waals surface area contributed by atoms with Crippen LogP contribution >= 0.6 is 11.8 Å². The van der Waals surface area contributed by atoms with Crippen molar-refractivity contribution < 1.29 is 14.3 Å². The Morgan fingerprint density at radius 2 is 2.00 bits per heavy atom. The molecule has 0 aromatic heterocycles. The molecule has 0 aliphatic carbocycles. The van der Waals surface area contributed by atoms with Crippen LogP contribution in [0.15, 0.2) is 47.4 Å². The predicted molar refractivity (Wildman–Crippen MR) is 126 cm³/mol. The summed E-state index contributed by atoms with van der Waals surface area (Å²) in [6.45, 7) is 10.3. The van der Waals surface area contributed by atoms with Crippen LogP contribution < -0.4 is 10.2 Å². The second-order valence-electron chi connectivity index (χ2n) is 7.99. The number of ether oxygens (including phenoxy) is 1. The molecular weight excluding hydrogens is 408 g/mol. The van der Waals surface area contributed by atoms with Crippen molar-refractivity contribution in [2.24, 2.45) is 5.92 Å². The number of amides is 2. The fourth-order valence-electron chi connectivity index (χ4n) is 3.69. The summed E-state index contributed by atoms with van der Waals surface area (Å²) in [6, 6.07) is 14.3. The number of para-hydroxylation sites is 1. The minimum atomic E-state index is -0.452. The Balaban J connectivity index is 1.78. The number of carbonyl (C=O) groups is 2. The third kappa shape index (κ3) is 5.69. The van der Waals surface area contributed by atoms with E-state index in [9.17, 15) is 9.59 Å². The van der Waals surface area contributed by atoms with Crippen molar-refractivity contribution >= 4 is 29.3 Å². The first-order chi connectivity index (χ1) is 14.9. The number of nitrogens with one attached hydrogen (secondary N) is 1. The minimum Gasteiger partial charge on any atom is -0.382 e. The SMILES string of the molecule is CCOCCCNC(=O)[C@@H](C)[C@H]1Sc2ccccc2N(Cc2cc(C)ccc2C)C1=O. The van der Waals surface area contributed by atoms with Gasteiger partial charge in [0.25, 0.3) is 0 Å². The van der Waals surface area contributed by atoms with Crippen LogP contribution in [0.3, 0.4) is 0 Å². The van der Waals surface area contributed by atoms with E-state index in [0.29, 0.717) is 26.3 Å². The minimum absolute atomic E-state index is 0.0124. The molecule has 6 heteroatoms. The van der Waals surface area contributed by atoms with Gasteiger partial charge in [-0.05, 0) is 50.5 Å². The first-order valence-electron chi connectivity index (χ1n) is 10.9. The van der Waals surface area contributed by atoms with Crippen molar-refractivity contribution in [2.45, 2.75) is 50.8 Å². The quantitative estimate of drug-likeness (QED) is 0.584. The van der Waals surface area contributed by atoms with E-state index in [1.54, 1.807) is 0 Å². The van der Waals surface area contributed by atoms with E-state index >= 15 is 0 Å². The summed E-state index contributed by atoms with van der Waals surface area (Å²) in [4.78, 5) is 29.2. The summed E-state index contributed by atoms with van der Waals surface area (Å²) in [6.07, 6.45) is 0.764. The molecule has 2 amide bonds. The number of hydrogen-bond acceptors (Lipinski definition) is 4. The molecule has 1 N–H and O–H groups in total. The van der Waals surface area contributed by atoms with Gasteiger partial charge in [-0.1, -0.05) is 42.8 Å². The highest BCUT2D eigenvalue weighted by molar-refractivity contribution is 8.01. The monoisotopic (exact) mass is 440 g/mol. The third-order valence-electron chi connectivity index (χ3n) is 5.59. The van der Waals surface area contributed by atoms with Crippen LogP contribution in [0.5, 0.6) is 0 Å². The predicted octanol–water partition coefficient (Wildman–Crippen LogP) is 4.49. The van der Waals surface area contributed by atoms with Crippen molar-refractivity contribution in [3.63, 3.8) is 0 Å². The summed E-state index contributed by atoms with van der Waals surface area (Å²) in [5, 5.41) is 2.51. The van der Waals surface area contributed by atoms with E-state index < -0.39 is 11.2 Å². The summed E-state index contributed by atoms with van der Waals surface area (Å²) in [7, 11) is 0. The van der Waals surface area contributed by atoms with Gasteiger partial charge in [0.1, 0.15) is 5.25 Å². The van der Waals surface area contributed by atoms with Gasteiger partial charge in [-0.25, -0.2) is 0 Å². The maximum Gasteiger partial charge on any atom is 0.241 e. The average molecular weight is 441 g/mol. The fraction of sp³-hybridized carbons (Fsp3) is 0.440. The molecule has 1 heterocycles. The molecule has 2 aromatic rings. The Morgan fingerprint density at radius 3 is 2.77 bits per heavy atom. The number of anilines is 1. The Morgan fingerprint density at radius 1 is 1.23 bits per heavy atom. The van der Waals surface area contributed by atoms with Gasteiger partial charge in [0, 0.05) is 24.7 Å². The molecule has 5 nitrogen and oxygen atoms in total. The normalized spacial score (nSPS) is 16.7. The second-order valence-corrected chi connectivity index (χ2v) is 9.17. The zero-order chi connectivity index (χ0) is 22.4. The molecule has 31 heavy (non-hydrogen) atoms. The lowest BCUT2D eigenvalue weighted by Gasteiger charge is -2.36. The first kappa shape index (κ1) is 23.4. The molecule has 2 atom stereocenters. The van der Waals surface area contributed by atoms with E-state index in [-0.39, 0.29) is 11.8 Å². The van der Waals surface area contributed by atoms with Crippen molar-refractivity contribution in [2.75, 3.05) is 24.7 Å². The maximum atomic E-state index is 13.6. The highest BCUT2D eigenvalue weighted by Gasteiger charge is 2.39. The number of benzene rings is 2. The summed E-state index contributed by atoms with van der Waals surface area (Å²) < 4.78 is 5.32. The van der Waals surface area contributed by atoms with Gasteiger partial charge in [-0.2, -0.15) is 0 Å². The van der Waals surface area contributed by atoms with E-state index in [1.165, 1.54) is 17.3 Å². The number of carbonyl (C=O) groups excluding carboxylic acids is 2. The van der Waals surface area contributed by atoms with Crippen molar-refractivity contribution in [1.29, 1.82) is 0 Å². The van der Waals surface area contributed by atoms with E-state index in [1.807, 2.05) is 43.0 Å². The summed E-state index contributed by atoms with van der Waals surface area (Å²) >= 11 is 1.49. The number of nitrogens with zero attached hydrogens (tertiary/aromatic N) is 1. The maximum absolute atomic E-state index is 13.6. The van der Waals surface area contributed by atoms with E-state index in [2.05, 4.69) is 37.4 Å². The molecule has 0 saturated heterocycles. The van der Waals surface area contributed by atoms with Crippen LogP contribution in [0.1, 0.15) is 37.0 Å². The average Bonchev–Trinajstić information content (AvgIpc) is 2.77. The Labute approximate surface area is 189 Å². The Hall–Kier alpha value is -2.31. The van der Waals surface area contributed by atoms with Crippen molar-refractivity contribution in [3.8, 4) is 0 Å². The van der Waals surface area contributed by atoms with Gasteiger partial charge >= 0.3 is 0 Å². The van der Waals surface area contributed by atoms with Crippen LogP contribution in [-0.4, -0.2) is 36.8 Å². The molecular formula is C25H32N2O3S. The van der Waals surface area contributed by atoms with Crippen LogP contribution in [0.4, 0.5) is 5.69 Å². The number of aryl methyl sites for hydroxylation is 2. The second kappa shape index (κ2) is 10.8. The molecule has 0 unspecified atom stereocenters. The molecule has 0 fully saturated rings. The van der Waals surface area contributed by atoms with Gasteiger partial charge in [0.15, 0.2) is 0 Å². The molecule has 2 aromatic carbocycles. The summed E-state index contributed by atoms with van der Waals surface area (Å²) in [5.41, 5.74) is 4.37. The zero-order valence-electron chi connectivity index (χ0n) is 18.8. The standard InChI is InChI=1S/C25H32N2O3S/c1-5-30-14-8-13-26-24(28)19(4)23-25(29)27(21-9-6-7-10-22(21)31-23)16-20-15-17(2)11-12-18(20)3/h6-7,9-12,15,19,23H,5,8,13-14,16H2,1-4H3,(H,26,28)/t19-,23+/m0/s1. The van der Waals surface area contributed by atoms with Crippen LogP contribution in [-0.2, 0) is 20.9 Å². The van der Waals surface area contributed by atoms with Crippen LogP contribution in [0, 0.1) is 19.8 Å². The number of thioether (sulfide) groups is 1. The van der Waals surface area contributed by atoms with Gasteiger partial charge in [-0.15, -0.1) is 11.8 Å². The van der Waals surface area contributed by atoms with Gasteiger partial charge < -0.3 is 15.0 Å². The lowest BCUT2D eigenvalue weighted by molar-refractivity contribution is -0.128. The Kier molecular flexibility index (Phi) is 8.15. The first-order valence-corrected chi connectivity index (χ1v) is 11.8. The number of hydrogen-bond donors (Lipinski definition) is 1.